The Kier molecular flexibility index (Phi) is 2.77. The van der Waals surface area contributed by atoms with Crippen LogP contribution in [0.1, 0.15) is 11.3 Å². The number of fused-ring (bicyclic) bond motifs is 1. The zero-order valence-corrected chi connectivity index (χ0v) is 10.7. The Morgan fingerprint density at radius 2 is 2.11 bits per heavy atom. The summed E-state index contributed by atoms with van der Waals surface area (Å²) >= 11 is 0. The molecule has 3 heteroatoms. The van der Waals surface area contributed by atoms with Crippen molar-refractivity contribution in [1.82, 2.24) is 9.55 Å². The first-order chi connectivity index (χ1) is 9.28. The van der Waals surface area contributed by atoms with Crippen molar-refractivity contribution in [3.8, 4) is 11.8 Å². The Morgan fingerprint density at radius 3 is 2.84 bits per heavy atom. The Bertz CT molecular complexity index is 761. The van der Waals surface area contributed by atoms with Gasteiger partial charge in [0, 0.05) is 17.3 Å². The van der Waals surface area contributed by atoms with Gasteiger partial charge in [0.05, 0.1) is 29.9 Å². The number of hydrogen-bond donors (Lipinski definition) is 0. The van der Waals surface area contributed by atoms with Crippen LogP contribution in [0.15, 0.2) is 48.8 Å². The molecular formula is C16H13N3. The van der Waals surface area contributed by atoms with Crippen LogP contribution in [-0.2, 0) is 6.42 Å². The molecule has 0 amide bonds. The van der Waals surface area contributed by atoms with Crippen LogP contribution in [-0.4, -0.2) is 9.55 Å². The number of hydrogen-bond acceptors (Lipinski definition) is 2. The highest BCUT2D eigenvalue weighted by molar-refractivity contribution is 5.82. The van der Waals surface area contributed by atoms with Crippen LogP contribution in [0.3, 0.4) is 0 Å². The van der Waals surface area contributed by atoms with E-state index in [9.17, 15) is 0 Å². The second-order valence-corrected chi connectivity index (χ2v) is 4.57. The fourth-order valence-electron chi connectivity index (χ4n) is 2.22. The van der Waals surface area contributed by atoms with Crippen LogP contribution in [0.25, 0.3) is 16.6 Å². The molecule has 2 aromatic heterocycles. The van der Waals surface area contributed by atoms with Gasteiger partial charge >= 0.3 is 0 Å². The lowest BCUT2D eigenvalue weighted by atomic mass is 10.1. The topological polar surface area (TPSA) is 41.6 Å². The number of aryl methyl sites for hydroxylation is 1. The lowest BCUT2D eigenvalue weighted by Gasteiger charge is -2.05. The van der Waals surface area contributed by atoms with Gasteiger partial charge in [-0.1, -0.05) is 6.07 Å². The van der Waals surface area contributed by atoms with E-state index in [1.807, 2.05) is 31.5 Å². The van der Waals surface area contributed by atoms with Crippen molar-refractivity contribution in [2.75, 3.05) is 0 Å². The average molecular weight is 247 g/mol. The number of rotatable bonds is 2. The summed E-state index contributed by atoms with van der Waals surface area (Å²) < 4.78 is 2.11. The second kappa shape index (κ2) is 4.58. The van der Waals surface area contributed by atoms with Gasteiger partial charge in [-0.05, 0) is 42.8 Å². The number of nitrogens with zero attached hydrogens (tertiary/aromatic N) is 3. The third-order valence-corrected chi connectivity index (χ3v) is 3.21. The number of aromatic nitrogens is 2. The Balaban J connectivity index is 2.11. The minimum absolute atomic E-state index is 0.452. The van der Waals surface area contributed by atoms with Crippen LogP contribution in [0.2, 0.25) is 0 Å². The Labute approximate surface area is 111 Å². The fraction of sp³-hybridized carbons (Fsp3) is 0.125. The van der Waals surface area contributed by atoms with E-state index in [-0.39, 0.29) is 0 Å². The van der Waals surface area contributed by atoms with Crippen LogP contribution < -0.4 is 0 Å². The molecule has 0 aliphatic rings. The van der Waals surface area contributed by atoms with Gasteiger partial charge in [-0.3, -0.25) is 4.98 Å². The monoisotopic (exact) mass is 247 g/mol. The van der Waals surface area contributed by atoms with E-state index in [4.69, 9.17) is 5.26 Å². The molecule has 0 N–H and O–H groups in total. The van der Waals surface area contributed by atoms with Crippen molar-refractivity contribution in [3.63, 3.8) is 0 Å². The van der Waals surface area contributed by atoms with E-state index in [1.54, 1.807) is 0 Å². The molecule has 2 heterocycles. The summed E-state index contributed by atoms with van der Waals surface area (Å²) in [5, 5.41) is 9.88. The van der Waals surface area contributed by atoms with Crippen molar-refractivity contribution < 1.29 is 0 Å². The normalized spacial score (nSPS) is 10.5. The van der Waals surface area contributed by atoms with Gasteiger partial charge in [0.2, 0.25) is 0 Å². The largest absolute Gasteiger partial charge is 0.315 e. The van der Waals surface area contributed by atoms with Crippen molar-refractivity contribution in [2.45, 2.75) is 13.3 Å². The Morgan fingerprint density at radius 1 is 1.21 bits per heavy atom. The smallest absolute Gasteiger partial charge is 0.0669 e. The summed E-state index contributed by atoms with van der Waals surface area (Å²) in [5.41, 5.74) is 4.24. The SMILES string of the molecule is Cc1ccc(-n2ccc3cc(CC#N)ccc32)cn1. The molecular weight excluding hydrogens is 234 g/mol. The predicted octanol–water partition coefficient (Wildman–Crippen LogP) is 3.40. The highest BCUT2D eigenvalue weighted by Crippen LogP contribution is 2.21. The second-order valence-electron chi connectivity index (χ2n) is 4.57. The van der Waals surface area contributed by atoms with Crippen LogP contribution in [0.4, 0.5) is 0 Å². The van der Waals surface area contributed by atoms with Crippen molar-refractivity contribution in [2.24, 2.45) is 0 Å². The molecule has 19 heavy (non-hydrogen) atoms. The maximum atomic E-state index is 8.74. The predicted molar refractivity (Wildman–Crippen MR) is 75.1 cm³/mol. The minimum atomic E-state index is 0.452. The van der Waals surface area contributed by atoms with Gasteiger partial charge in [0.15, 0.2) is 0 Å². The van der Waals surface area contributed by atoms with Gasteiger partial charge < -0.3 is 4.57 Å². The lowest BCUT2D eigenvalue weighted by molar-refractivity contribution is 1.08. The third-order valence-electron chi connectivity index (χ3n) is 3.21. The van der Waals surface area contributed by atoms with Crippen molar-refractivity contribution in [1.29, 1.82) is 5.26 Å². The van der Waals surface area contributed by atoms with Gasteiger partial charge in [-0.25, -0.2) is 0 Å². The molecule has 1 aromatic carbocycles. The quantitative estimate of drug-likeness (QED) is 0.696. The zero-order valence-electron chi connectivity index (χ0n) is 10.7. The first-order valence-corrected chi connectivity index (χ1v) is 6.18. The Hall–Kier alpha value is -2.60. The molecule has 0 radical (unpaired) electrons. The van der Waals surface area contributed by atoms with Crippen molar-refractivity contribution >= 4 is 10.9 Å². The molecule has 0 fully saturated rings. The average Bonchev–Trinajstić information content (AvgIpc) is 2.83. The summed E-state index contributed by atoms with van der Waals surface area (Å²) in [5.74, 6) is 0. The van der Waals surface area contributed by atoms with E-state index < -0.39 is 0 Å². The fourth-order valence-corrected chi connectivity index (χ4v) is 2.22. The molecule has 0 aliphatic heterocycles. The van der Waals surface area contributed by atoms with Gasteiger partial charge in [-0.2, -0.15) is 5.26 Å². The number of pyridine rings is 1. The van der Waals surface area contributed by atoms with Gasteiger partial charge in [0.1, 0.15) is 0 Å². The highest BCUT2D eigenvalue weighted by atomic mass is 15.0. The molecule has 0 atom stereocenters. The minimum Gasteiger partial charge on any atom is -0.315 e. The molecule has 3 aromatic rings. The molecule has 0 spiro atoms. The summed E-state index contributed by atoms with van der Waals surface area (Å²) in [6, 6.07) is 14.4. The molecule has 3 rings (SSSR count). The molecule has 0 aliphatic carbocycles. The van der Waals surface area contributed by atoms with Crippen LogP contribution >= 0.6 is 0 Å². The van der Waals surface area contributed by atoms with E-state index in [0.717, 1.165) is 27.8 Å². The first-order valence-electron chi connectivity index (χ1n) is 6.18. The van der Waals surface area contributed by atoms with E-state index >= 15 is 0 Å². The number of benzene rings is 1. The molecule has 92 valence electrons. The molecule has 0 saturated heterocycles. The zero-order chi connectivity index (χ0) is 13.2. The first kappa shape index (κ1) is 11.5. The standard InChI is InChI=1S/C16H13N3/c1-12-2-4-15(11-18-12)19-9-7-14-10-13(6-8-17)3-5-16(14)19/h2-5,7,9-11H,6H2,1H3. The molecule has 3 nitrogen and oxygen atoms in total. The van der Waals surface area contributed by atoms with Gasteiger partial charge in [0.25, 0.3) is 0 Å². The maximum absolute atomic E-state index is 8.74. The summed E-state index contributed by atoms with van der Waals surface area (Å²) in [7, 11) is 0. The van der Waals surface area contributed by atoms with Crippen molar-refractivity contribution in [3.05, 3.63) is 60.0 Å². The van der Waals surface area contributed by atoms with E-state index in [2.05, 4.69) is 39.9 Å². The van der Waals surface area contributed by atoms with Crippen LogP contribution in [0.5, 0.6) is 0 Å². The van der Waals surface area contributed by atoms with E-state index in [0.29, 0.717) is 6.42 Å². The van der Waals surface area contributed by atoms with Gasteiger partial charge in [-0.15, -0.1) is 0 Å². The molecule has 0 bridgehead atoms. The van der Waals surface area contributed by atoms with E-state index in [1.165, 1.54) is 0 Å². The summed E-state index contributed by atoms with van der Waals surface area (Å²) in [6.45, 7) is 1.98. The molecule has 0 saturated carbocycles. The third kappa shape index (κ3) is 2.09. The number of nitriles is 1. The maximum Gasteiger partial charge on any atom is 0.0669 e. The molecule has 0 unspecified atom stereocenters. The highest BCUT2D eigenvalue weighted by Gasteiger charge is 2.04. The van der Waals surface area contributed by atoms with Crippen LogP contribution in [0, 0.1) is 18.3 Å². The summed E-state index contributed by atoms with van der Waals surface area (Å²) in [4.78, 5) is 4.33. The lowest BCUT2D eigenvalue weighted by Crippen LogP contribution is -1.93. The summed E-state index contributed by atoms with van der Waals surface area (Å²) in [6.07, 6.45) is 4.36.